The second-order valence-corrected chi connectivity index (χ2v) is 7.74. The van der Waals surface area contributed by atoms with E-state index < -0.39 is 6.10 Å². The molecule has 0 aromatic heterocycles. The van der Waals surface area contributed by atoms with E-state index in [1.165, 1.54) is 0 Å². The summed E-state index contributed by atoms with van der Waals surface area (Å²) in [5, 5.41) is 0. The normalized spacial score (nSPS) is 22.8. The Balaban J connectivity index is 0.00000300. The lowest BCUT2D eigenvalue weighted by Crippen LogP contribution is -2.55. The Morgan fingerprint density at radius 3 is 2.41 bits per heavy atom. The van der Waals surface area contributed by atoms with Gasteiger partial charge in [-0.15, -0.1) is 12.4 Å². The van der Waals surface area contributed by atoms with Crippen molar-refractivity contribution in [1.29, 1.82) is 0 Å². The highest BCUT2D eigenvalue weighted by Crippen LogP contribution is 2.22. The summed E-state index contributed by atoms with van der Waals surface area (Å²) in [5.74, 6) is 0.697. The number of nitrogens with two attached hydrogens (primary N) is 1. The minimum absolute atomic E-state index is 0. The van der Waals surface area contributed by atoms with Crippen LogP contribution < -0.4 is 10.5 Å². The van der Waals surface area contributed by atoms with E-state index in [1.54, 1.807) is 16.7 Å². The van der Waals surface area contributed by atoms with Crippen LogP contribution in [-0.4, -0.2) is 72.6 Å². The Morgan fingerprint density at radius 2 is 1.83 bits per heavy atom. The molecule has 1 aromatic carbocycles. The first kappa shape index (κ1) is 23.4. The topological polar surface area (TPSA) is 85.1 Å². The average Bonchev–Trinajstić information content (AvgIpc) is 3.18. The average molecular weight is 426 g/mol. The van der Waals surface area contributed by atoms with Gasteiger partial charge in [0.15, 0.2) is 6.10 Å². The largest absolute Gasteiger partial charge is 0.481 e. The first-order valence-corrected chi connectivity index (χ1v) is 10.1. The standard InChI is InChI=1S/C21H31N3O4.ClH/c1-14-4-6-18(15(2)12-14)27-16(3)20(25)23-8-10-24(11-9-23)21(26)19-7-5-17(13-22)28-19;/h4,6,12,16-17,19H,5,7-11,13,22H2,1-3H3;1H/t16?,17-,19+;/m1./s1. The third kappa shape index (κ3) is 5.62. The van der Waals surface area contributed by atoms with Crippen molar-refractivity contribution >= 4 is 24.2 Å². The number of ether oxygens (including phenoxy) is 2. The summed E-state index contributed by atoms with van der Waals surface area (Å²) in [6.07, 6.45) is 0.592. The van der Waals surface area contributed by atoms with Gasteiger partial charge in [0.1, 0.15) is 11.9 Å². The molecule has 1 aromatic rings. The van der Waals surface area contributed by atoms with E-state index in [1.807, 2.05) is 32.0 Å². The molecule has 0 radical (unpaired) electrons. The first-order chi connectivity index (χ1) is 13.4. The zero-order valence-electron chi connectivity index (χ0n) is 17.4. The van der Waals surface area contributed by atoms with Gasteiger partial charge in [-0.05, 0) is 45.2 Å². The van der Waals surface area contributed by atoms with Crippen molar-refractivity contribution < 1.29 is 19.1 Å². The molecule has 3 atom stereocenters. The Morgan fingerprint density at radius 1 is 1.17 bits per heavy atom. The summed E-state index contributed by atoms with van der Waals surface area (Å²) in [7, 11) is 0. The van der Waals surface area contributed by atoms with E-state index in [9.17, 15) is 9.59 Å². The molecular weight excluding hydrogens is 394 g/mol. The zero-order chi connectivity index (χ0) is 20.3. The smallest absolute Gasteiger partial charge is 0.263 e. The van der Waals surface area contributed by atoms with Crippen LogP contribution in [0.25, 0.3) is 0 Å². The number of amides is 2. The van der Waals surface area contributed by atoms with Crippen LogP contribution >= 0.6 is 12.4 Å². The highest BCUT2D eigenvalue weighted by atomic mass is 35.5. The molecule has 2 N–H and O–H groups in total. The van der Waals surface area contributed by atoms with Crippen molar-refractivity contribution in [3.63, 3.8) is 0 Å². The molecule has 2 aliphatic heterocycles. The lowest BCUT2D eigenvalue weighted by molar-refractivity contribution is -0.149. The molecule has 0 saturated carbocycles. The number of piperazine rings is 1. The number of aryl methyl sites for hydroxylation is 2. The van der Waals surface area contributed by atoms with E-state index in [0.717, 1.165) is 29.7 Å². The molecule has 0 bridgehead atoms. The number of nitrogens with zero attached hydrogens (tertiary/aromatic N) is 2. The van der Waals surface area contributed by atoms with Crippen molar-refractivity contribution in [2.45, 2.75) is 51.9 Å². The summed E-state index contributed by atoms with van der Waals surface area (Å²) in [4.78, 5) is 28.9. The number of rotatable bonds is 5. The summed E-state index contributed by atoms with van der Waals surface area (Å²) in [5.41, 5.74) is 7.80. The van der Waals surface area contributed by atoms with Gasteiger partial charge in [-0.2, -0.15) is 0 Å². The molecule has 2 aliphatic rings. The van der Waals surface area contributed by atoms with Crippen LogP contribution in [0.2, 0.25) is 0 Å². The Labute approximate surface area is 178 Å². The third-order valence-electron chi connectivity index (χ3n) is 5.53. The SMILES string of the molecule is Cc1ccc(OC(C)C(=O)N2CCN(C(=O)[C@@H]3CC[C@H](CN)O3)CC2)c(C)c1.Cl. The monoisotopic (exact) mass is 425 g/mol. The minimum atomic E-state index is -0.563. The van der Waals surface area contributed by atoms with Gasteiger partial charge < -0.3 is 25.0 Å². The molecular formula is C21H32ClN3O4. The highest BCUT2D eigenvalue weighted by molar-refractivity contribution is 5.85. The van der Waals surface area contributed by atoms with E-state index in [2.05, 4.69) is 0 Å². The van der Waals surface area contributed by atoms with Crippen molar-refractivity contribution in [1.82, 2.24) is 9.80 Å². The van der Waals surface area contributed by atoms with Crippen LogP contribution in [0, 0.1) is 13.8 Å². The summed E-state index contributed by atoms with van der Waals surface area (Å²) >= 11 is 0. The molecule has 7 nitrogen and oxygen atoms in total. The Hall–Kier alpha value is -1.83. The Kier molecular flexibility index (Phi) is 8.31. The van der Waals surface area contributed by atoms with Crippen molar-refractivity contribution in [3.8, 4) is 5.75 Å². The van der Waals surface area contributed by atoms with Gasteiger partial charge in [0, 0.05) is 32.7 Å². The van der Waals surface area contributed by atoms with Gasteiger partial charge >= 0.3 is 0 Å². The molecule has 2 amide bonds. The van der Waals surface area contributed by atoms with Crippen LogP contribution in [0.3, 0.4) is 0 Å². The van der Waals surface area contributed by atoms with Crippen LogP contribution in [0.15, 0.2) is 18.2 Å². The zero-order valence-corrected chi connectivity index (χ0v) is 18.2. The minimum Gasteiger partial charge on any atom is -0.481 e. The summed E-state index contributed by atoms with van der Waals surface area (Å²) < 4.78 is 11.6. The third-order valence-corrected chi connectivity index (χ3v) is 5.53. The number of halogens is 1. The van der Waals surface area contributed by atoms with Gasteiger partial charge in [0.2, 0.25) is 0 Å². The van der Waals surface area contributed by atoms with Crippen molar-refractivity contribution in [2.24, 2.45) is 5.73 Å². The van der Waals surface area contributed by atoms with Crippen molar-refractivity contribution in [3.05, 3.63) is 29.3 Å². The summed E-state index contributed by atoms with van der Waals surface area (Å²) in [6.45, 7) is 8.30. The second kappa shape index (κ2) is 10.3. The van der Waals surface area contributed by atoms with Crippen LogP contribution in [0.4, 0.5) is 0 Å². The van der Waals surface area contributed by atoms with E-state index in [-0.39, 0.29) is 36.4 Å². The molecule has 29 heavy (non-hydrogen) atoms. The van der Waals surface area contributed by atoms with Gasteiger partial charge in [-0.3, -0.25) is 9.59 Å². The van der Waals surface area contributed by atoms with Gasteiger partial charge in [-0.25, -0.2) is 0 Å². The molecule has 1 unspecified atom stereocenters. The van der Waals surface area contributed by atoms with Crippen molar-refractivity contribution in [2.75, 3.05) is 32.7 Å². The number of hydrogen-bond donors (Lipinski definition) is 1. The lowest BCUT2D eigenvalue weighted by atomic mass is 10.1. The highest BCUT2D eigenvalue weighted by Gasteiger charge is 2.35. The van der Waals surface area contributed by atoms with Gasteiger partial charge in [-0.1, -0.05) is 17.7 Å². The number of benzene rings is 1. The Bertz CT molecular complexity index is 722. The van der Waals surface area contributed by atoms with Gasteiger partial charge in [0.25, 0.3) is 11.8 Å². The maximum absolute atomic E-state index is 12.8. The fourth-order valence-electron chi connectivity index (χ4n) is 3.84. The van der Waals surface area contributed by atoms with Crippen LogP contribution in [-0.2, 0) is 14.3 Å². The predicted molar refractivity (Wildman–Crippen MR) is 113 cm³/mol. The fraction of sp³-hybridized carbons (Fsp3) is 0.619. The summed E-state index contributed by atoms with van der Waals surface area (Å²) in [6, 6.07) is 5.92. The maximum atomic E-state index is 12.8. The fourth-order valence-corrected chi connectivity index (χ4v) is 3.84. The van der Waals surface area contributed by atoms with Gasteiger partial charge in [0.05, 0.1) is 6.10 Å². The second-order valence-electron chi connectivity index (χ2n) is 7.74. The predicted octanol–water partition coefficient (Wildman–Crippen LogP) is 1.67. The number of carbonyl (C=O) groups is 2. The number of hydrogen-bond acceptors (Lipinski definition) is 5. The van der Waals surface area contributed by atoms with E-state index in [0.29, 0.717) is 32.7 Å². The molecule has 2 heterocycles. The molecule has 162 valence electrons. The molecule has 2 saturated heterocycles. The number of carbonyl (C=O) groups excluding carboxylic acids is 2. The van der Waals surface area contributed by atoms with E-state index in [4.69, 9.17) is 15.2 Å². The van der Waals surface area contributed by atoms with Crippen LogP contribution in [0.1, 0.15) is 30.9 Å². The van der Waals surface area contributed by atoms with Crippen LogP contribution in [0.5, 0.6) is 5.75 Å². The molecule has 0 aliphatic carbocycles. The van der Waals surface area contributed by atoms with E-state index >= 15 is 0 Å². The first-order valence-electron chi connectivity index (χ1n) is 10.1. The molecule has 3 rings (SSSR count). The molecule has 2 fully saturated rings. The molecule has 8 heteroatoms. The lowest BCUT2D eigenvalue weighted by Gasteiger charge is -2.36. The molecule has 0 spiro atoms. The quantitative estimate of drug-likeness (QED) is 0.775. The maximum Gasteiger partial charge on any atom is 0.263 e.